The molecule has 96 valence electrons. The summed E-state index contributed by atoms with van der Waals surface area (Å²) in [6, 6.07) is 9.17. The van der Waals surface area contributed by atoms with Crippen molar-refractivity contribution in [3.05, 3.63) is 36.0 Å². The highest BCUT2D eigenvalue weighted by Gasteiger charge is 2.09. The molecule has 0 amide bonds. The van der Waals surface area contributed by atoms with E-state index in [4.69, 9.17) is 4.74 Å². The number of benzene rings is 1. The van der Waals surface area contributed by atoms with E-state index in [1.165, 1.54) is 6.26 Å². The number of aromatic amines is 1. The zero-order valence-electron chi connectivity index (χ0n) is 10.2. The molecule has 0 spiro atoms. The lowest BCUT2D eigenvalue weighted by atomic mass is 10.1. The van der Waals surface area contributed by atoms with E-state index in [0.717, 1.165) is 11.3 Å². The average Bonchev–Trinajstić information content (AvgIpc) is 2.75. The Balaban J connectivity index is 2.29. The van der Waals surface area contributed by atoms with E-state index in [-0.39, 0.29) is 5.75 Å². The fourth-order valence-corrected chi connectivity index (χ4v) is 2.36. The molecule has 0 atom stereocenters. The minimum atomic E-state index is -3.05. The quantitative estimate of drug-likeness (QED) is 0.913. The van der Waals surface area contributed by atoms with Gasteiger partial charge in [-0.1, -0.05) is 12.1 Å². The number of ether oxygens (including phenoxy) is 1. The third-order valence-corrected chi connectivity index (χ3v) is 3.25. The molecule has 1 N–H and O–H groups in total. The van der Waals surface area contributed by atoms with Crippen LogP contribution >= 0.6 is 0 Å². The molecule has 1 heterocycles. The second-order valence-electron chi connectivity index (χ2n) is 4.08. The Labute approximate surface area is 106 Å². The van der Waals surface area contributed by atoms with Crippen molar-refractivity contribution in [1.82, 2.24) is 10.2 Å². The van der Waals surface area contributed by atoms with Crippen molar-refractivity contribution in [3.8, 4) is 17.0 Å². The molecule has 0 radical (unpaired) electrons. The predicted molar refractivity (Wildman–Crippen MR) is 69.1 cm³/mol. The van der Waals surface area contributed by atoms with E-state index in [1.54, 1.807) is 13.2 Å². The molecule has 0 saturated carbocycles. The van der Waals surface area contributed by atoms with Crippen molar-refractivity contribution in [3.63, 3.8) is 0 Å². The van der Waals surface area contributed by atoms with Crippen LogP contribution in [-0.2, 0) is 15.6 Å². The van der Waals surface area contributed by atoms with Crippen LogP contribution in [0.5, 0.6) is 5.75 Å². The first kappa shape index (κ1) is 12.6. The van der Waals surface area contributed by atoms with Gasteiger partial charge in [-0.15, -0.1) is 0 Å². The molecule has 1 aromatic carbocycles. The van der Waals surface area contributed by atoms with Gasteiger partial charge in [-0.3, -0.25) is 5.10 Å². The summed E-state index contributed by atoms with van der Waals surface area (Å²) in [6.07, 6.45) is 1.19. The van der Waals surface area contributed by atoms with Crippen LogP contribution in [0.4, 0.5) is 0 Å². The van der Waals surface area contributed by atoms with Gasteiger partial charge in [-0.25, -0.2) is 8.42 Å². The molecule has 0 unspecified atom stereocenters. The minimum Gasteiger partial charge on any atom is -0.497 e. The van der Waals surface area contributed by atoms with Crippen molar-refractivity contribution in [2.24, 2.45) is 0 Å². The molecule has 0 aliphatic carbocycles. The highest BCUT2D eigenvalue weighted by atomic mass is 32.2. The first-order valence-electron chi connectivity index (χ1n) is 5.34. The molecule has 0 aliphatic heterocycles. The summed E-state index contributed by atoms with van der Waals surface area (Å²) in [5.41, 5.74) is 2.16. The number of aromatic nitrogens is 2. The van der Waals surface area contributed by atoms with Crippen LogP contribution in [0.2, 0.25) is 0 Å². The fourth-order valence-electron chi connectivity index (χ4n) is 1.65. The maximum atomic E-state index is 11.2. The summed E-state index contributed by atoms with van der Waals surface area (Å²) in [7, 11) is -1.46. The summed E-state index contributed by atoms with van der Waals surface area (Å²) in [6.45, 7) is 0. The highest BCUT2D eigenvalue weighted by Crippen LogP contribution is 2.22. The van der Waals surface area contributed by atoms with Crippen molar-refractivity contribution in [1.29, 1.82) is 0 Å². The molecule has 0 aliphatic rings. The third kappa shape index (κ3) is 3.10. The summed E-state index contributed by atoms with van der Waals surface area (Å²) >= 11 is 0. The molecular weight excluding hydrogens is 252 g/mol. The van der Waals surface area contributed by atoms with Crippen LogP contribution in [0.15, 0.2) is 30.3 Å². The van der Waals surface area contributed by atoms with Gasteiger partial charge in [-0.2, -0.15) is 5.10 Å². The SMILES string of the molecule is COc1cccc(-c2cc(CS(C)(=O)=O)[nH]n2)c1. The lowest BCUT2D eigenvalue weighted by Gasteiger charge is -2.00. The fraction of sp³-hybridized carbons (Fsp3) is 0.250. The topological polar surface area (TPSA) is 72.1 Å². The summed E-state index contributed by atoms with van der Waals surface area (Å²) in [5, 5.41) is 6.83. The molecule has 6 heteroatoms. The summed E-state index contributed by atoms with van der Waals surface area (Å²) < 4.78 is 27.5. The zero-order valence-corrected chi connectivity index (χ0v) is 11.0. The molecule has 18 heavy (non-hydrogen) atoms. The second-order valence-corrected chi connectivity index (χ2v) is 6.22. The number of H-pyrrole nitrogens is 1. The van der Waals surface area contributed by atoms with Crippen molar-refractivity contribution in [2.45, 2.75) is 5.75 Å². The molecule has 0 bridgehead atoms. The van der Waals surface area contributed by atoms with Gasteiger partial charge in [0.15, 0.2) is 9.84 Å². The lowest BCUT2D eigenvalue weighted by molar-refractivity contribution is 0.415. The average molecular weight is 266 g/mol. The van der Waals surface area contributed by atoms with Gasteiger partial charge >= 0.3 is 0 Å². The Morgan fingerprint density at radius 3 is 2.78 bits per heavy atom. The van der Waals surface area contributed by atoms with Crippen LogP contribution in [0.1, 0.15) is 5.69 Å². The maximum absolute atomic E-state index is 11.2. The van der Waals surface area contributed by atoms with E-state index in [1.807, 2.05) is 24.3 Å². The summed E-state index contributed by atoms with van der Waals surface area (Å²) in [5.74, 6) is 0.699. The summed E-state index contributed by atoms with van der Waals surface area (Å²) in [4.78, 5) is 0. The van der Waals surface area contributed by atoms with Crippen molar-refractivity contribution >= 4 is 9.84 Å². The smallest absolute Gasteiger partial charge is 0.153 e. The number of hydrogen-bond donors (Lipinski definition) is 1. The number of nitrogens with zero attached hydrogens (tertiary/aromatic N) is 1. The van der Waals surface area contributed by atoms with Gasteiger partial charge in [0.25, 0.3) is 0 Å². The van der Waals surface area contributed by atoms with E-state index in [0.29, 0.717) is 11.4 Å². The number of rotatable bonds is 4. The number of nitrogens with one attached hydrogen (secondary N) is 1. The minimum absolute atomic E-state index is 0.0377. The highest BCUT2D eigenvalue weighted by molar-refractivity contribution is 7.89. The van der Waals surface area contributed by atoms with Crippen LogP contribution in [0.3, 0.4) is 0 Å². The largest absolute Gasteiger partial charge is 0.497 e. The van der Waals surface area contributed by atoms with E-state index < -0.39 is 9.84 Å². The monoisotopic (exact) mass is 266 g/mol. The van der Waals surface area contributed by atoms with Gasteiger partial charge in [0, 0.05) is 11.8 Å². The van der Waals surface area contributed by atoms with Crippen LogP contribution in [0.25, 0.3) is 11.3 Å². The van der Waals surface area contributed by atoms with E-state index in [2.05, 4.69) is 10.2 Å². The van der Waals surface area contributed by atoms with Crippen molar-refractivity contribution < 1.29 is 13.2 Å². The van der Waals surface area contributed by atoms with Crippen LogP contribution in [-0.4, -0.2) is 32.0 Å². The lowest BCUT2D eigenvalue weighted by Crippen LogP contribution is -2.00. The second kappa shape index (κ2) is 4.81. The molecule has 0 fully saturated rings. The normalized spacial score (nSPS) is 11.4. The van der Waals surface area contributed by atoms with E-state index >= 15 is 0 Å². The maximum Gasteiger partial charge on any atom is 0.153 e. The van der Waals surface area contributed by atoms with Gasteiger partial charge in [0.05, 0.1) is 24.3 Å². The first-order valence-corrected chi connectivity index (χ1v) is 7.40. The van der Waals surface area contributed by atoms with Gasteiger partial charge in [0.2, 0.25) is 0 Å². The van der Waals surface area contributed by atoms with Crippen LogP contribution in [0, 0.1) is 0 Å². The zero-order chi connectivity index (χ0) is 13.2. The molecule has 5 nitrogen and oxygen atoms in total. The van der Waals surface area contributed by atoms with Gasteiger partial charge in [-0.05, 0) is 18.2 Å². The Bertz CT molecular complexity index is 647. The third-order valence-electron chi connectivity index (χ3n) is 2.41. The molecular formula is C12H14N2O3S. The van der Waals surface area contributed by atoms with E-state index in [9.17, 15) is 8.42 Å². The van der Waals surface area contributed by atoms with Crippen LogP contribution < -0.4 is 4.74 Å². The molecule has 2 rings (SSSR count). The predicted octanol–water partition coefficient (Wildman–Crippen LogP) is 1.63. The first-order chi connectivity index (χ1) is 8.48. The Kier molecular flexibility index (Phi) is 3.38. The Hall–Kier alpha value is -1.82. The Morgan fingerprint density at radius 2 is 2.11 bits per heavy atom. The Morgan fingerprint density at radius 1 is 1.33 bits per heavy atom. The van der Waals surface area contributed by atoms with Gasteiger partial charge in [0.1, 0.15) is 5.75 Å². The molecule has 0 saturated heterocycles. The molecule has 1 aromatic heterocycles. The standard InChI is InChI=1S/C12H14N2O3S/c1-17-11-5-3-4-9(6-11)12-7-10(13-14-12)8-18(2,15)16/h3-7H,8H2,1-2H3,(H,13,14). The number of hydrogen-bond acceptors (Lipinski definition) is 4. The number of methoxy groups -OCH3 is 1. The number of sulfone groups is 1. The van der Waals surface area contributed by atoms with Crippen molar-refractivity contribution in [2.75, 3.05) is 13.4 Å². The van der Waals surface area contributed by atoms with Gasteiger partial charge < -0.3 is 4.74 Å². The molecule has 2 aromatic rings.